The first kappa shape index (κ1) is 16.8. The molecule has 7 heteroatoms. The number of hydrogen-bond donors (Lipinski definition) is 0. The molecule has 1 aromatic rings. The summed E-state index contributed by atoms with van der Waals surface area (Å²) in [6, 6.07) is 0. The Morgan fingerprint density at radius 2 is 2.05 bits per heavy atom. The summed E-state index contributed by atoms with van der Waals surface area (Å²) in [6.45, 7) is 1.48. The van der Waals surface area contributed by atoms with Crippen molar-refractivity contribution in [2.45, 2.75) is 36.9 Å². The van der Waals surface area contributed by atoms with Gasteiger partial charge in [-0.1, -0.05) is 11.8 Å². The smallest absolute Gasteiger partial charge is 0.305 e. The molecule has 0 saturated carbocycles. The molecule has 0 aliphatic carbocycles. The molecule has 0 amide bonds. The fourth-order valence-electron chi connectivity index (χ4n) is 1.33. The van der Waals surface area contributed by atoms with Crippen LogP contribution in [0.2, 0.25) is 0 Å². The van der Waals surface area contributed by atoms with Gasteiger partial charge in [-0.3, -0.25) is 9.59 Å². The third-order valence-corrected chi connectivity index (χ3v) is 4.59. The van der Waals surface area contributed by atoms with Gasteiger partial charge in [-0.2, -0.15) is 0 Å². The Balaban J connectivity index is 2.31. The number of ketones is 2. The van der Waals surface area contributed by atoms with E-state index >= 15 is 0 Å². The highest BCUT2D eigenvalue weighted by Gasteiger charge is 2.09. The first-order valence-electron chi connectivity index (χ1n) is 6.16. The van der Waals surface area contributed by atoms with Gasteiger partial charge < -0.3 is 9.53 Å². The number of hydrogen-bond acceptors (Lipinski definition) is 7. The topological polar surface area (TPSA) is 73.3 Å². The van der Waals surface area contributed by atoms with E-state index in [1.165, 1.54) is 37.1 Å². The van der Waals surface area contributed by atoms with E-state index in [-0.39, 0.29) is 17.5 Å². The zero-order chi connectivity index (χ0) is 15.0. The first-order valence-corrected chi connectivity index (χ1v) is 8.03. The maximum Gasteiger partial charge on any atom is 0.305 e. The monoisotopic (exact) mass is 315 g/mol. The van der Waals surface area contributed by atoms with E-state index in [1.807, 2.05) is 5.38 Å². The molecule has 0 aromatic carbocycles. The highest BCUT2D eigenvalue weighted by Crippen LogP contribution is 2.23. The third-order valence-electron chi connectivity index (χ3n) is 2.46. The molecule has 0 fully saturated rings. The van der Waals surface area contributed by atoms with Crippen molar-refractivity contribution in [3.05, 3.63) is 11.1 Å². The Kier molecular flexibility index (Phi) is 7.46. The first-order chi connectivity index (χ1) is 9.51. The molecule has 0 aliphatic rings. The number of thioether (sulfide) groups is 1. The maximum atomic E-state index is 11.5. The highest BCUT2D eigenvalue weighted by molar-refractivity contribution is 8.01. The number of methoxy groups -OCH3 is 1. The van der Waals surface area contributed by atoms with Crippen LogP contribution in [-0.4, -0.2) is 35.4 Å². The van der Waals surface area contributed by atoms with Crippen molar-refractivity contribution >= 4 is 40.6 Å². The lowest BCUT2D eigenvalue weighted by atomic mass is 10.2. The van der Waals surface area contributed by atoms with Crippen LogP contribution in [0.4, 0.5) is 0 Å². The van der Waals surface area contributed by atoms with Crippen LogP contribution in [-0.2, 0) is 25.5 Å². The molecule has 0 unspecified atom stereocenters. The van der Waals surface area contributed by atoms with E-state index in [2.05, 4.69) is 9.72 Å². The quantitative estimate of drug-likeness (QED) is 0.514. The number of aromatic nitrogens is 1. The Bertz CT molecular complexity index is 484. The third kappa shape index (κ3) is 6.81. The van der Waals surface area contributed by atoms with Gasteiger partial charge in [0.2, 0.25) is 0 Å². The zero-order valence-corrected chi connectivity index (χ0v) is 13.1. The molecule has 0 radical (unpaired) electrons. The number of esters is 1. The number of nitrogens with zero attached hydrogens (tertiary/aromatic N) is 1. The van der Waals surface area contributed by atoms with Crippen molar-refractivity contribution in [3.8, 4) is 0 Å². The van der Waals surface area contributed by atoms with E-state index in [0.29, 0.717) is 31.4 Å². The maximum absolute atomic E-state index is 11.5. The normalized spacial score (nSPS) is 10.3. The summed E-state index contributed by atoms with van der Waals surface area (Å²) in [5, 5.41) is 1.88. The molecule has 20 heavy (non-hydrogen) atoms. The number of ether oxygens (including phenoxy) is 1. The molecule has 0 atom stereocenters. The van der Waals surface area contributed by atoms with E-state index in [0.717, 1.165) is 10.0 Å². The molecule has 0 saturated heterocycles. The van der Waals surface area contributed by atoms with E-state index in [9.17, 15) is 14.4 Å². The Morgan fingerprint density at radius 3 is 2.70 bits per heavy atom. The van der Waals surface area contributed by atoms with Crippen LogP contribution in [0.1, 0.15) is 31.9 Å². The average molecular weight is 315 g/mol. The van der Waals surface area contributed by atoms with Crippen LogP contribution in [0, 0.1) is 0 Å². The number of rotatable bonds is 9. The fourth-order valence-corrected chi connectivity index (χ4v) is 3.11. The SMILES string of the molecule is COC(=O)CCc1csc(SCC(=O)CCC(C)=O)n1. The Hall–Kier alpha value is -1.21. The summed E-state index contributed by atoms with van der Waals surface area (Å²) in [4.78, 5) is 37.6. The van der Waals surface area contributed by atoms with E-state index in [1.54, 1.807) is 0 Å². The molecule has 1 aromatic heterocycles. The van der Waals surface area contributed by atoms with Crippen LogP contribution in [0.3, 0.4) is 0 Å². The largest absolute Gasteiger partial charge is 0.469 e. The molecule has 110 valence electrons. The molecule has 1 rings (SSSR count). The van der Waals surface area contributed by atoms with Crippen molar-refractivity contribution in [1.29, 1.82) is 0 Å². The predicted molar refractivity (Wildman–Crippen MR) is 78.1 cm³/mol. The van der Waals surface area contributed by atoms with Crippen LogP contribution in [0.25, 0.3) is 0 Å². The summed E-state index contributed by atoms with van der Waals surface area (Å²) in [7, 11) is 1.36. The van der Waals surface area contributed by atoms with Crippen LogP contribution in [0.15, 0.2) is 9.72 Å². The van der Waals surface area contributed by atoms with Gasteiger partial charge in [0.1, 0.15) is 11.6 Å². The van der Waals surface area contributed by atoms with Crippen molar-refractivity contribution in [1.82, 2.24) is 4.98 Å². The average Bonchev–Trinajstić information content (AvgIpc) is 2.88. The molecule has 0 spiro atoms. The van der Waals surface area contributed by atoms with E-state index in [4.69, 9.17) is 0 Å². The van der Waals surface area contributed by atoms with Gasteiger partial charge in [0.15, 0.2) is 4.34 Å². The summed E-state index contributed by atoms with van der Waals surface area (Å²) in [5.74, 6) is 0.155. The van der Waals surface area contributed by atoms with Gasteiger partial charge in [-0.05, 0) is 6.92 Å². The number of aryl methyl sites for hydroxylation is 1. The lowest BCUT2D eigenvalue weighted by Gasteiger charge is -1.97. The minimum Gasteiger partial charge on any atom is -0.469 e. The van der Waals surface area contributed by atoms with Crippen molar-refractivity contribution in [2.75, 3.05) is 12.9 Å². The fraction of sp³-hybridized carbons (Fsp3) is 0.538. The molecule has 5 nitrogen and oxygen atoms in total. The molecule has 1 heterocycles. The van der Waals surface area contributed by atoms with Gasteiger partial charge in [0.05, 0.1) is 25.0 Å². The highest BCUT2D eigenvalue weighted by atomic mass is 32.2. The van der Waals surface area contributed by atoms with Gasteiger partial charge in [0, 0.05) is 24.6 Å². The van der Waals surface area contributed by atoms with Gasteiger partial charge in [-0.15, -0.1) is 11.3 Å². The van der Waals surface area contributed by atoms with Crippen LogP contribution >= 0.6 is 23.1 Å². The van der Waals surface area contributed by atoms with E-state index < -0.39 is 0 Å². The number of thiazole rings is 1. The molecular weight excluding hydrogens is 298 g/mol. The Labute approximate surface area is 126 Å². The number of Topliss-reactive ketones (excluding diaryl/α,β-unsaturated/α-hetero) is 2. The molecule has 0 N–H and O–H groups in total. The van der Waals surface area contributed by atoms with Gasteiger partial charge >= 0.3 is 5.97 Å². The number of carbonyl (C=O) groups is 3. The lowest BCUT2D eigenvalue weighted by Crippen LogP contribution is -2.04. The summed E-state index contributed by atoms with van der Waals surface area (Å²) < 4.78 is 5.37. The number of carbonyl (C=O) groups excluding carboxylic acids is 3. The second kappa shape index (κ2) is 8.86. The summed E-state index contributed by atoms with van der Waals surface area (Å²) in [5.41, 5.74) is 0.832. The predicted octanol–water partition coefficient (Wildman–Crippen LogP) is 2.28. The zero-order valence-electron chi connectivity index (χ0n) is 11.5. The summed E-state index contributed by atoms with van der Waals surface area (Å²) in [6.07, 6.45) is 1.45. The van der Waals surface area contributed by atoms with Crippen molar-refractivity contribution in [3.63, 3.8) is 0 Å². The standard InChI is InChI=1S/C13H17NO4S2/c1-9(15)3-5-11(16)8-20-13-14-10(7-19-13)4-6-12(17)18-2/h7H,3-6,8H2,1-2H3. The second-order valence-electron chi connectivity index (χ2n) is 4.21. The van der Waals surface area contributed by atoms with Crippen LogP contribution < -0.4 is 0 Å². The van der Waals surface area contributed by atoms with Crippen molar-refractivity contribution < 1.29 is 19.1 Å². The summed E-state index contributed by atoms with van der Waals surface area (Å²) >= 11 is 2.83. The molecular formula is C13H17NO4S2. The van der Waals surface area contributed by atoms with Gasteiger partial charge in [-0.25, -0.2) is 4.98 Å². The Morgan fingerprint density at radius 1 is 1.30 bits per heavy atom. The second-order valence-corrected chi connectivity index (χ2v) is 6.29. The van der Waals surface area contributed by atoms with Gasteiger partial charge in [0.25, 0.3) is 0 Å². The lowest BCUT2D eigenvalue weighted by molar-refractivity contribution is -0.140. The molecule has 0 aliphatic heterocycles. The van der Waals surface area contributed by atoms with Crippen molar-refractivity contribution in [2.24, 2.45) is 0 Å². The minimum absolute atomic E-state index is 0.0303. The van der Waals surface area contributed by atoms with Crippen LogP contribution in [0.5, 0.6) is 0 Å². The minimum atomic E-state index is -0.258. The molecule has 0 bridgehead atoms.